The minimum atomic E-state index is -3.80. The van der Waals surface area contributed by atoms with Gasteiger partial charge in [-0.25, -0.2) is 18.4 Å². The minimum absolute atomic E-state index is 0.00869. The Labute approximate surface area is 180 Å². The molecule has 1 amide bonds. The Morgan fingerprint density at radius 2 is 1.52 bits per heavy atom. The average Bonchev–Trinajstić information content (AvgIpc) is 3.20. The average molecular weight is 433 g/mol. The minimum Gasteiger partial charge on any atom is -0.306 e. The van der Waals surface area contributed by atoms with Crippen LogP contribution in [0.1, 0.15) is 5.56 Å². The van der Waals surface area contributed by atoms with Gasteiger partial charge in [-0.15, -0.1) is 0 Å². The zero-order valence-electron chi connectivity index (χ0n) is 16.7. The Hall–Kier alpha value is -3.75. The molecule has 31 heavy (non-hydrogen) atoms. The lowest BCUT2D eigenvalue weighted by atomic mass is 10.0. The number of aromatic nitrogens is 2. The maximum Gasteiger partial charge on any atom is 0.346 e. The van der Waals surface area contributed by atoms with Crippen LogP contribution in [0.4, 0.5) is 10.5 Å². The van der Waals surface area contributed by atoms with Gasteiger partial charge in [0, 0.05) is 23.0 Å². The number of amides is 1. The summed E-state index contributed by atoms with van der Waals surface area (Å²) in [7, 11) is -3.80. The Morgan fingerprint density at radius 1 is 0.903 bits per heavy atom. The van der Waals surface area contributed by atoms with Gasteiger partial charge in [-0.3, -0.25) is 0 Å². The monoisotopic (exact) mass is 432 g/mol. The van der Waals surface area contributed by atoms with Crippen LogP contribution in [0, 0.1) is 6.92 Å². The molecule has 0 bridgehead atoms. The molecule has 0 atom stereocenters. The number of benzene rings is 3. The molecule has 1 heterocycles. The fraction of sp³-hybridized carbons (Fsp3) is 0.0435. The highest BCUT2D eigenvalue weighted by Gasteiger charge is 2.17. The van der Waals surface area contributed by atoms with E-state index in [1.165, 1.54) is 16.8 Å². The van der Waals surface area contributed by atoms with Crippen molar-refractivity contribution in [1.82, 2.24) is 9.78 Å². The fourth-order valence-electron chi connectivity index (χ4n) is 3.14. The van der Waals surface area contributed by atoms with Crippen LogP contribution in [-0.2, 0) is 10.0 Å². The maximum atomic E-state index is 12.8. The summed E-state index contributed by atoms with van der Waals surface area (Å²) in [6, 6.07) is 22.6. The van der Waals surface area contributed by atoms with E-state index in [1.807, 2.05) is 49.4 Å². The number of nitrogens with two attached hydrogens (primary N) is 1. The van der Waals surface area contributed by atoms with E-state index in [9.17, 15) is 13.2 Å². The molecule has 0 saturated carbocycles. The van der Waals surface area contributed by atoms with Gasteiger partial charge in [0.1, 0.15) is 5.69 Å². The van der Waals surface area contributed by atoms with Gasteiger partial charge < -0.3 is 5.32 Å². The second-order valence-corrected chi connectivity index (χ2v) is 8.63. The molecule has 156 valence electrons. The summed E-state index contributed by atoms with van der Waals surface area (Å²) in [4.78, 5) is 12.8. The number of anilines is 1. The van der Waals surface area contributed by atoms with Crippen molar-refractivity contribution in [2.24, 2.45) is 5.14 Å². The molecule has 1 aromatic heterocycles. The van der Waals surface area contributed by atoms with E-state index < -0.39 is 16.1 Å². The Balaban J connectivity index is 1.77. The Bertz CT molecular complexity index is 1330. The number of carbonyl (C=O) groups excluding carboxylic acids is 1. The molecule has 3 N–H and O–H groups in total. The normalized spacial score (nSPS) is 11.3. The first-order valence-electron chi connectivity index (χ1n) is 9.47. The van der Waals surface area contributed by atoms with E-state index in [4.69, 9.17) is 5.14 Å². The van der Waals surface area contributed by atoms with Crippen molar-refractivity contribution in [3.63, 3.8) is 0 Å². The smallest absolute Gasteiger partial charge is 0.306 e. The number of aryl methyl sites for hydroxylation is 1. The molecular formula is C23H20N4O3S. The van der Waals surface area contributed by atoms with E-state index in [-0.39, 0.29) is 4.90 Å². The summed E-state index contributed by atoms with van der Waals surface area (Å²) in [5, 5.41) is 12.5. The molecule has 4 aromatic rings. The second-order valence-electron chi connectivity index (χ2n) is 7.07. The maximum absolute atomic E-state index is 12.8. The molecule has 0 spiro atoms. The number of hydrogen-bond donors (Lipinski definition) is 2. The highest BCUT2D eigenvalue weighted by molar-refractivity contribution is 7.89. The van der Waals surface area contributed by atoms with Gasteiger partial charge in [-0.1, -0.05) is 60.2 Å². The van der Waals surface area contributed by atoms with Crippen LogP contribution in [0.5, 0.6) is 0 Å². The summed E-state index contributed by atoms with van der Waals surface area (Å²) in [6.45, 7) is 1.99. The number of sulfonamides is 1. The summed E-state index contributed by atoms with van der Waals surface area (Å²) >= 11 is 0. The zero-order valence-corrected chi connectivity index (χ0v) is 17.5. The number of primary sulfonamides is 1. The zero-order chi connectivity index (χ0) is 22.0. The van der Waals surface area contributed by atoms with E-state index in [0.717, 1.165) is 16.7 Å². The third-order valence-corrected chi connectivity index (χ3v) is 5.70. The largest absolute Gasteiger partial charge is 0.346 e. The number of nitrogens with one attached hydrogen (secondary N) is 1. The standard InChI is InChI=1S/C23H20N4O3S/c1-16-7-9-17(10-8-16)21-15-27(23(28)25-19-5-3-2-4-6-19)26-22(21)18-11-13-20(14-12-18)31(24,29)30/h2-15H,1H3,(H,25,28)(H2,24,29,30). The summed E-state index contributed by atoms with van der Waals surface area (Å²) in [5.74, 6) is 0. The second kappa shape index (κ2) is 8.17. The first kappa shape index (κ1) is 20.5. The first-order chi connectivity index (χ1) is 14.8. The van der Waals surface area contributed by atoms with Crippen LogP contribution in [-0.4, -0.2) is 24.2 Å². The lowest BCUT2D eigenvalue weighted by Gasteiger charge is -2.05. The van der Waals surface area contributed by atoms with E-state index in [0.29, 0.717) is 16.9 Å². The van der Waals surface area contributed by atoms with Crippen molar-refractivity contribution in [2.45, 2.75) is 11.8 Å². The third-order valence-electron chi connectivity index (χ3n) is 4.77. The van der Waals surface area contributed by atoms with Gasteiger partial charge >= 0.3 is 6.03 Å². The van der Waals surface area contributed by atoms with E-state index in [1.54, 1.807) is 30.5 Å². The van der Waals surface area contributed by atoms with Crippen molar-refractivity contribution in [1.29, 1.82) is 0 Å². The number of rotatable bonds is 4. The third kappa shape index (κ3) is 4.55. The van der Waals surface area contributed by atoms with Gasteiger partial charge in [0.15, 0.2) is 0 Å². The number of para-hydroxylation sites is 1. The van der Waals surface area contributed by atoms with Crippen LogP contribution < -0.4 is 10.5 Å². The molecule has 0 radical (unpaired) electrons. The number of nitrogens with zero attached hydrogens (tertiary/aromatic N) is 2. The van der Waals surface area contributed by atoms with Gasteiger partial charge in [0.2, 0.25) is 10.0 Å². The van der Waals surface area contributed by atoms with Crippen LogP contribution in [0.15, 0.2) is 90.0 Å². The van der Waals surface area contributed by atoms with Crippen LogP contribution >= 0.6 is 0 Å². The molecule has 0 saturated heterocycles. The van der Waals surface area contributed by atoms with E-state index in [2.05, 4.69) is 10.4 Å². The fourth-order valence-corrected chi connectivity index (χ4v) is 3.66. The van der Waals surface area contributed by atoms with Gasteiger partial charge in [0.05, 0.1) is 4.90 Å². The van der Waals surface area contributed by atoms with E-state index >= 15 is 0 Å². The molecule has 0 aliphatic heterocycles. The molecule has 3 aromatic carbocycles. The SMILES string of the molecule is Cc1ccc(-c2cn(C(=O)Nc3ccccc3)nc2-c2ccc(S(N)(=O)=O)cc2)cc1. The quantitative estimate of drug-likeness (QED) is 0.502. The summed E-state index contributed by atoms with van der Waals surface area (Å²) in [6.07, 6.45) is 1.66. The molecule has 7 nitrogen and oxygen atoms in total. The molecule has 0 aliphatic carbocycles. The number of carbonyl (C=O) groups is 1. The first-order valence-corrected chi connectivity index (χ1v) is 11.0. The van der Waals surface area contributed by atoms with Gasteiger partial charge in [0.25, 0.3) is 0 Å². The molecule has 0 aliphatic rings. The molecule has 0 fully saturated rings. The van der Waals surface area contributed by atoms with Crippen LogP contribution in [0.2, 0.25) is 0 Å². The highest BCUT2D eigenvalue weighted by Crippen LogP contribution is 2.32. The highest BCUT2D eigenvalue weighted by atomic mass is 32.2. The van der Waals surface area contributed by atoms with Crippen LogP contribution in [0.25, 0.3) is 22.4 Å². The molecule has 0 unspecified atom stereocenters. The van der Waals surface area contributed by atoms with Crippen molar-refractivity contribution in [2.75, 3.05) is 5.32 Å². The lowest BCUT2D eigenvalue weighted by molar-refractivity contribution is 0.251. The molecule has 8 heteroatoms. The van der Waals surface area contributed by atoms with Crippen molar-refractivity contribution in [3.05, 3.63) is 90.6 Å². The molecular weight excluding hydrogens is 412 g/mol. The molecule has 4 rings (SSSR count). The topological polar surface area (TPSA) is 107 Å². The van der Waals surface area contributed by atoms with Gasteiger partial charge in [-0.2, -0.15) is 9.78 Å². The Kier molecular flexibility index (Phi) is 5.41. The van der Waals surface area contributed by atoms with Crippen LogP contribution in [0.3, 0.4) is 0 Å². The lowest BCUT2D eigenvalue weighted by Crippen LogP contribution is -2.19. The van der Waals surface area contributed by atoms with Crippen molar-refractivity contribution < 1.29 is 13.2 Å². The summed E-state index contributed by atoms with van der Waals surface area (Å²) < 4.78 is 24.4. The Morgan fingerprint density at radius 3 is 2.13 bits per heavy atom. The number of hydrogen-bond acceptors (Lipinski definition) is 4. The van der Waals surface area contributed by atoms with Gasteiger partial charge in [-0.05, 0) is 36.8 Å². The predicted octanol–water partition coefficient (Wildman–Crippen LogP) is 4.25. The van der Waals surface area contributed by atoms with Crippen molar-refractivity contribution >= 4 is 21.7 Å². The predicted molar refractivity (Wildman–Crippen MR) is 120 cm³/mol. The van der Waals surface area contributed by atoms with Crippen molar-refractivity contribution in [3.8, 4) is 22.4 Å². The summed E-state index contributed by atoms with van der Waals surface area (Å²) in [5.41, 5.74) is 4.60.